The lowest BCUT2D eigenvalue weighted by Crippen LogP contribution is -2.11. The summed E-state index contributed by atoms with van der Waals surface area (Å²) in [7, 11) is 0. The Morgan fingerprint density at radius 2 is 1.74 bits per heavy atom. The molecular weight excluding hydrogens is 328 g/mol. The molecule has 0 aliphatic carbocycles. The Morgan fingerprint density at radius 3 is 2.30 bits per heavy atom. The largest absolute Gasteiger partial charge is 0.392 e. The molecule has 2 rings (SSSR count). The predicted molar refractivity (Wildman–Crippen MR) is 119 cm³/mol. The van der Waals surface area contributed by atoms with Gasteiger partial charge in [0.1, 0.15) is 0 Å². The van der Waals surface area contributed by atoms with Crippen molar-refractivity contribution in [2.75, 3.05) is 6.61 Å². The van der Waals surface area contributed by atoms with E-state index < -0.39 is 0 Å². The molecule has 1 nitrogen and oxygen atoms in total. The first-order chi connectivity index (χ1) is 12.7. The molecule has 2 aromatic rings. The average molecular weight is 363 g/mol. The van der Waals surface area contributed by atoms with Crippen molar-refractivity contribution in [3.63, 3.8) is 0 Å². The second-order valence-corrected chi connectivity index (χ2v) is 8.71. The molecule has 1 heteroatoms. The van der Waals surface area contributed by atoms with Crippen LogP contribution < -0.4 is 0 Å². The van der Waals surface area contributed by atoms with Gasteiger partial charge in [-0.1, -0.05) is 94.0 Å². The van der Waals surface area contributed by atoms with Crippen molar-refractivity contribution < 1.29 is 5.11 Å². The Balaban J connectivity index is 2.42. The van der Waals surface area contributed by atoms with Crippen LogP contribution in [0.2, 0.25) is 0 Å². The maximum atomic E-state index is 9.32. The first-order valence-corrected chi connectivity index (χ1v) is 9.86. The predicted octanol–water partition coefficient (Wildman–Crippen LogP) is 6.80. The summed E-state index contributed by atoms with van der Waals surface area (Å²) >= 11 is 0. The summed E-state index contributed by atoms with van der Waals surface area (Å²) in [6, 6.07) is 17.4. The van der Waals surface area contributed by atoms with E-state index in [4.69, 9.17) is 0 Å². The van der Waals surface area contributed by atoms with Crippen molar-refractivity contribution in [2.24, 2.45) is 5.92 Å². The molecule has 27 heavy (non-hydrogen) atoms. The van der Waals surface area contributed by atoms with E-state index in [1.807, 2.05) is 6.92 Å². The summed E-state index contributed by atoms with van der Waals surface area (Å²) in [5.74, 6) is 0.373. The molecule has 1 unspecified atom stereocenters. The van der Waals surface area contributed by atoms with Crippen molar-refractivity contribution in [1.29, 1.82) is 0 Å². The second-order valence-electron chi connectivity index (χ2n) is 8.71. The van der Waals surface area contributed by atoms with Gasteiger partial charge in [0.2, 0.25) is 0 Å². The van der Waals surface area contributed by atoms with Crippen molar-refractivity contribution in [1.82, 2.24) is 0 Å². The highest BCUT2D eigenvalue weighted by Crippen LogP contribution is 2.29. The molecule has 0 saturated heterocycles. The van der Waals surface area contributed by atoms with Crippen LogP contribution in [0.1, 0.15) is 63.3 Å². The molecule has 144 valence electrons. The Hall–Kier alpha value is -2.12. The number of aryl methyl sites for hydroxylation is 1. The number of hydrogen-bond acceptors (Lipinski definition) is 1. The van der Waals surface area contributed by atoms with Crippen molar-refractivity contribution in [3.8, 4) is 0 Å². The molecule has 0 aromatic heterocycles. The van der Waals surface area contributed by atoms with Crippen molar-refractivity contribution >= 4 is 11.6 Å². The fourth-order valence-electron chi connectivity index (χ4n) is 3.35. The van der Waals surface area contributed by atoms with Crippen molar-refractivity contribution in [3.05, 3.63) is 82.4 Å². The summed E-state index contributed by atoms with van der Waals surface area (Å²) < 4.78 is 0. The van der Waals surface area contributed by atoms with E-state index in [0.29, 0.717) is 5.92 Å². The van der Waals surface area contributed by atoms with E-state index in [1.165, 1.54) is 27.8 Å². The number of aliphatic hydroxyl groups is 1. The monoisotopic (exact) mass is 362 g/mol. The number of rotatable bonds is 6. The highest BCUT2D eigenvalue weighted by Gasteiger charge is 2.14. The van der Waals surface area contributed by atoms with Gasteiger partial charge >= 0.3 is 0 Å². The molecule has 0 saturated carbocycles. The van der Waals surface area contributed by atoms with Gasteiger partial charge in [0.05, 0.1) is 6.61 Å². The molecule has 1 atom stereocenters. The van der Waals surface area contributed by atoms with Gasteiger partial charge in [-0.15, -0.1) is 0 Å². The zero-order chi connectivity index (χ0) is 20.0. The van der Waals surface area contributed by atoms with Gasteiger partial charge in [-0.2, -0.15) is 0 Å². The first kappa shape index (κ1) is 21.2. The third-order valence-electron chi connectivity index (χ3n) is 4.97. The standard InChI is InChI=1S/C26H34O/c1-19(14-20(2)18-27)15-24(22-10-8-7-9-11-22)17-23-12-13-25(16-21(23)3)26(4,5)6/h7-14,16-17,19,27H,15,18H2,1-6H3/b20-14+,24-17+. The van der Waals surface area contributed by atoms with Crippen molar-refractivity contribution in [2.45, 2.75) is 53.4 Å². The topological polar surface area (TPSA) is 20.2 Å². The lowest BCUT2D eigenvalue weighted by Gasteiger charge is -2.20. The van der Waals surface area contributed by atoms with E-state index in [2.05, 4.69) is 95.3 Å². The van der Waals surface area contributed by atoms with Crippen LogP contribution in [0.15, 0.2) is 60.2 Å². The Bertz CT molecular complexity index is 804. The van der Waals surface area contributed by atoms with Crippen LogP contribution in [0.3, 0.4) is 0 Å². The van der Waals surface area contributed by atoms with Crippen LogP contribution >= 0.6 is 0 Å². The van der Waals surface area contributed by atoms with E-state index >= 15 is 0 Å². The molecule has 0 aliphatic heterocycles. The van der Waals surface area contributed by atoms with E-state index in [1.54, 1.807) is 0 Å². The Labute approximate surface area is 165 Å². The third-order valence-corrected chi connectivity index (χ3v) is 4.97. The number of allylic oxidation sites excluding steroid dienone is 2. The fourth-order valence-corrected chi connectivity index (χ4v) is 3.35. The lowest BCUT2D eigenvalue weighted by molar-refractivity contribution is 0.330. The van der Waals surface area contributed by atoms with Crippen LogP contribution in [0, 0.1) is 12.8 Å². The minimum Gasteiger partial charge on any atom is -0.392 e. The van der Waals surface area contributed by atoms with Crippen LogP contribution in [0.5, 0.6) is 0 Å². The minimum absolute atomic E-state index is 0.127. The smallest absolute Gasteiger partial charge is 0.0639 e. The summed E-state index contributed by atoms with van der Waals surface area (Å²) in [5, 5.41) is 9.32. The fraction of sp³-hybridized carbons (Fsp3) is 0.385. The molecule has 0 radical (unpaired) electrons. The van der Waals surface area contributed by atoms with Gasteiger partial charge in [-0.05, 0) is 59.4 Å². The summed E-state index contributed by atoms with van der Waals surface area (Å²) in [4.78, 5) is 0. The van der Waals surface area contributed by atoms with E-state index in [9.17, 15) is 5.11 Å². The molecule has 2 aromatic carbocycles. The van der Waals surface area contributed by atoms with E-state index in [-0.39, 0.29) is 12.0 Å². The molecule has 0 spiro atoms. The third kappa shape index (κ3) is 6.22. The first-order valence-electron chi connectivity index (χ1n) is 9.86. The van der Waals surface area contributed by atoms with Crippen LogP contribution in [0.4, 0.5) is 0 Å². The normalized spacial score (nSPS) is 14.3. The van der Waals surface area contributed by atoms with Gasteiger partial charge in [0.15, 0.2) is 0 Å². The maximum Gasteiger partial charge on any atom is 0.0639 e. The SMILES string of the molecule is C/C(=C\C(C)C/C(=C\c1ccc(C(C)(C)C)cc1C)c1ccccc1)CO. The molecular formula is C26H34O. The summed E-state index contributed by atoms with van der Waals surface area (Å²) in [6.45, 7) is 13.3. The summed E-state index contributed by atoms with van der Waals surface area (Å²) in [5.41, 5.74) is 7.74. The van der Waals surface area contributed by atoms with E-state index in [0.717, 1.165) is 12.0 Å². The number of hydrogen-bond donors (Lipinski definition) is 1. The average Bonchev–Trinajstić information content (AvgIpc) is 2.62. The van der Waals surface area contributed by atoms with Gasteiger partial charge in [-0.3, -0.25) is 0 Å². The van der Waals surface area contributed by atoms with Crippen LogP contribution in [0.25, 0.3) is 11.6 Å². The maximum absolute atomic E-state index is 9.32. The molecule has 0 aliphatic rings. The van der Waals surface area contributed by atoms with Gasteiger partial charge in [0, 0.05) is 0 Å². The number of benzene rings is 2. The highest BCUT2D eigenvalue weighted by molar-refractivity contribution is 5.82. The molecule has 1 N–H and O–H groups in total. The Kier molecular flexibility index (Phi) is 7.21. The highest BCUT2D eigenvalue weighted by atomic mass is 16.3. The lowest BCUT2D eigenvalue weighted by atomic mass is 9.85. The van der Waals surface area contributed by atoms with Gasteiger partial charge in [-0.25, -0.2) is 0 Å². The van der Waals surface area contributed by atoms with Gasteiger partial charge < -0.3 is 5.11 Å². The molecule has 0 amide bonds. The quantitative estimate of drug-likeness (QED) is 0.442. The molecule has 0 fully saturated rings. The molecule has 0 heterocycles. The number of aliphatic hydroxyl groups excluding tert-OH is 1. The minimum atomic E-state index is 0.127. The zero-order valence-corrected chi connectivity index (χ0v) is 17.7. The van der Waals surface area contributed by atoms with Crippen LogP contribution in [-0.4, -0.2) is 11.7 Å². The molecule has 0 bridgehead atoms. The van der Waals surface area contributed by atoms with Crippen LogP contribution in [-0.2, 0) is 5.41 Å². The second kappa shape index (κ2) is 9.19. The zero-order valence-electron chi connectivity index (χ0n) is 17.7. The summed E-state index contributed by atoms with van der Waals surface area (Å²) in [6.07, 6.45) is 5.45. The van der Waals surface area contributed by atoms with Gasteiger partial charge in [0.25, 0.3) is 0 Å². The Morgan fingerprint density at radius 1 is 1.07 bits per heavy atom.